The summed E-state index contributed by atoms with van der Waals surface area (Å²) in [4.78, 5) is 24.0. The van der Waals surface area contributed by atoms with Crippen molar-refractivity contribution in [2.75, 3.05) is 5.32 Å². The molecule has 0 aliphatic carbocycles. The average molecular weight is 425 g/mol. The molecule has 4 N–H and O–H groups in total. The standard InChI is InChI=1S/C21H19N3O5S/c22-30(27,28)19-12-6-15(7-13-19)14-23-20(25)21(26)24-16-8-10-18(11-9-16)29-17-4-2-1-3-5-17/h1-13H,14H2,(H,23,25)(H,24,26)(H2,22,27,28). The molecule has 9 heteroatoms. The van der Waals surface area contributed by atoms with Crippen molar-refractivity contribution in [2.24, 2.45) is 5.14 Å². The Kier molecular flexibility index (Phi) is 6.45. The number of anilines is 1. The third kappa shape index (κ3) is 5.90. The maximum Gasteiger partial charge on any atom is 0.313 e. The summed E-state index contributed by atoms with van der Waals surface area (Å²) in [5.74, 6) is -0.375. The Labute approximate surface area is 173 Å². The lowest BCUT2D eigenvalue weighted by molar-refractivity contribution is -0.136. The molecular weight excluding hydrogens is 406 g/mol. The number of para-hydroxylation sites is 1. The maximum absolute atomic E-state index is 12.0. The van der Waals surface area contributed by atoms with Gasteiger partial charge in [0.1, 0.15) is 11.5 Å². The van der Waals surface area contributed by atoms with Crippen LogP contribution in [0, 0.1) is 0 Å². The zero-order valence-corrected chi connectivity index (χ0v) is 16.6. The monoisotopic (exact) mass is 425 g/mol. The molecule has 0 spiro atoms. The molecule has 3 rings (SSSR count). The highest BCUT2D eigenvalue weighted by atomic mass is 32.2. The zero-order chi connectivity index (χ0) is 21.6. The Balaban J connectivity index is 1.51. The highest BCUT2D eigenvalue weighted by Crippen LogP contribution is 2.22. The van der Waals surface area contributed by atoms with Crippen LogP contribution in [0.2, 0.25) is 0 Å². The summed E-state index contributed by atoms with van der Waals surface area (Å²) < 4.78 is 28.1. The van der Waals surface area contributed by atoms with Gasteiger partial charge in [-0.25, -0.2) is 13.6 Å². The second-order valence-electron chi connectivity index (χ2n) is 6.27. The van der Waals surface area contributed by atoms with Gasteiger partial charge in [0, 0.05) is 12.2 Å². The van der Waals surface area contributed by atoms with Crippen LogP contribution in [0.25, 0.3) is 0 Å². The van der Waals surface area contributed by atoms with E-state index < -0.39 is 21.8 Å². The minimum atomic E-state index is -3.78. The highest BCUT2D eigenvalue weighted by molar-refractivity contribution is 7.89. The molecule has 0 atom stereocenters. The number of benzene rings is 3. The van der Waals surface area contributed by atoms with Crippen LogP contribution in [0.1, 0.15) is 5.56 Å². The minimum absolute atomic E-state index is 0.0324. The molecule has 0 bridgehead atoms. The predicted octanol–water partition coefficient (Wildman–Crippen LogP) is 2.38. The van der Waals surface area contributed by atoms with Crippen molar-refractivity contribution >= 4 is 27.5 Å². The van der Waals surface area contributed by atoms with E-state index in [1.165, 1.54) is 24.3 Å². The van der Waals surface area contributed by atoms with E-state index in [0.29, 0.717) is 22.7 Å². The quantitative estimate of drug-likeness (QED) is 0.523. The van der Waals surface area contributed by atoms with Crippen LogP contribution in [-0.4, -0.2) is 20.2 Å². The summed E-state index contributed by atoms with van der Waals surface area (Å²) in [6, 6.07) is 21.5. The van der Waals surface area contributed by atoms with Gasteiger partial charge in [-0.15, -0.1) is 0 Å². The molecule has 3 aromatic carbocycles. The molecule has 0 radical (unpaired) electrons. The van der Waals surface area contributed by atoms with Gasteiger partial charge in [0.15, 0.2) is 0 Å². The van der Waals surface area contributed by atoms with Crippen LogP contribution >= 0.6 is 0 Å². The maximum atomic E-state index is 12.0. The number of amides is 2. The lowest BCUT2D eigenvalue weighted by Crippen LogP contribution is -2.34. The number of ether oxygens (including phenoxy) is 1. The van der Waals surface area contributed by atoms with Crippen molar-refractivity contribution in [3.63, 3.8) is 0 Å². The van der Waals surface area contributed by atoms with Gasteiger partial charge >= 0.3 is 11.8 Å². The lowest BCUT2D eigenvalue weighted by Gasteiger charge is -2.09. The summed E-state index contributed by atoms with van der Waals surface area (Å²) in [5.41, 5.74) is 1.05. The number of carbonyl (C=O) groups excluding carboxylic acids is 2. The summed E-state index contributed by atoms with van der Waals surface area (Å²) in [7, 11) is -3.78. The molecule has 0 unspecified atom stereocenters. The number of rotatable bonds is 6. The van der Waals surface area contributed by atoms with Gasteiger partial charge in [-0.3, -0.25) is 9.59 Å². The fraction of sp³-hybridized carbons (Fsp3) is 0.0476. The normalized spacial score (nSPS) is 10.8. The van der Waals surface area contributed by atoms with Gasteiger partial charge in [0.2, 0.25) is 10.0 Å². The summed E-state index contributed by atoms with van der Waals surface area (Å²) in [6.45, 7) is 0.0566. The van der Waals surface area contributed by atoms with E-state index in [-0.39, 0.29) is 11.4 Å². The van der Waals surface area contributed by atoms with Gasteiger partial charge in [-0.05, 0) is 54.1 Å². The van der Waals surface area contributed by atoms with Crippen LogP contribution in [0.4, 0.5) is 5.69 Å². The Bertz CT molecular complexity index is 1130. The van der Waals surface area contributed by atoms with Crippen molar-refractivity contribution in [1.82, 2.24) is 5.32 Å². The van der Waals surface area contributed by atoms with E-state index >= 15 is 0 Å². The first kappa shape index (κ1) is 21.0. The molecule has 3 aromatic rings. The molecule has 2 amide bonds. The molecule has 8 nitrogen and oxygen atoms in total. The largest absolute Gasteiger partial charge is 0.457 e. The molecular formula is C21H19N3O5S. The molecule has 0 saturated heterocycles. The van der Waals surface area contributed by atoms with E-state index in [4.69, 9.17) is 9.88 Å². The van der Waals surface area contributed by atoms with Gasteiger partial charge in [-0.2, -0.15) is 0 Å². The first-order valence-electron chi connectivity index (χ1n) is 8.85. The van der Waals surface area contributed by atoms with Crippen molar-refractivity contribution < 1.29 is 22.7 Å². The molecule has 0 saturated carbocycles. The lowest BCUT2D eigenvalue weighted by atomic mass is 10.2. The molecule has 0 heterocycles. The van der Waals surface area contributed by atoms with Crippen LogP contribution in [-0.2, 0) is 26.2 Å². The van der Waals surface area contributed by atoms with E-state index in [1.807, 2.05) is 30.3 Å². The van der Waals surface area contributed by atoms with E-state index in [1.54, 1.807) is 24.3 Å². The van der Waals surface area contributed by atoms with E-state index in [2.05, 4.69) is 10.6 Å². The van der Waals surface area contributed by atoms with E-state index in [9.17, 15) is 18.0 Å². The molecule has 30 heavy (non-hydrogen) atoms. The number of hydrogen-bond acceptors (Lipinski definition) is 5. The van der Waals surface area contributed by atoms with E-state index in [0.717, 1.165) is 0 Å². The zero-order valence-electron chi connectivity index (χ0n) is 15.7. The number of primary sulfonamides is 1. The fourth-order valence-electron chi connectivity index (χ4n) is 2.48. The Morgan fingerprint density at radius 3 is 2.00 bits per heavy atom. The Morgan fingerprint density at radius 1 is 0.800 bits per heavy atom. The first-order valence-corrected chi connectivity index (χ1v) is 10.4. The topological polar surface area (TPSA) is 128 Å². The Hall–Kier alpha value is -3.69. The predicted molar refractivity (Wildman–Crippen MR) is 111 cm³/mol. The molecule has 0 aliphatic rings. The van der Waals surface area contributed by atoms with Crippen molar-refractivity contribution in [3.05, 3.63) is 84.4 Å². The smallest absolute Gasteiger partial charge is 0.313 e. The molecule has 0 aromatic heterocycles. The first-order chi connectivity index (χ1) is 14.3. The number of sulfonamides is 1. The SMILES string of the molecule is NS(=O)(=O)c1ccc(CNC(=O)C(=O)Nc2ccc(Oc3ccccc3)cc2)cc1. The van der Waals surface area contributed by atoms with Gasteiger partial charge < -0.3 is 15.4 Å². The van der Waals surface area contributed by atoms with Crippen LogP contribution in [0.5, 0.6) is 11.5 Å². The highest BCUT2D eigenvalue weighted by Gasteiger charge is 2.14. The third-order valence-corrected chi connectivity index (χ3v) is 4.93. The number of nitrogens with one attached hydrogen (secondary N) is 2. The van der Waals surface area contributed by atoms with Crippen LogP contribution in [0.15, 0.2) is 83.8 Å². The van der Waals surface area contributed by atoms with Crippen molar-refractivity contribution in [2.45, 2.75) is 11.4 Å². The average Bonchev–Trinajstić information content (AvgIpc) is 2.74. The second kappa shape index (κ2) is 9.21. The van der Waals surface area contributed by atoms with Crippen LogP contribution < -0.4 is 20.5 Å². The summed E-state index contributed by atoms with van der Waals surface area (Å²) in [6.07, 6.45) is 0. The third-order valence-electron chi connectivity index (χ3n) is 4.00. The van der Waals surface area contributed by atoms with Gasteiger partial charge in [-0.1, -0.05) is 30.3 Å². The fourth-order valence-corrected chi connectivity index (χ4v) is 2.99. The molecule has 0 aliphatic heterocycles. The van der Waals surface area contributed by atoms with Gasteiger partial charge in [0.05, 0.1) is 4.90 Å². The minimum Gasteiger partial charge on any atom is -0.457 e. The number of nitrogens with two attached hydrogens (primary N) is 1. The van der Waals surface area contributed by atoms with Crippen molar-refractivity contribution in [1.29, 1.82) is 0 Å². The number of hydrogen-bond donors (Lipinski definition) is 3. The van der Waals surface area contributed by atoms with Crippen LogP contribution in [0.3, 0.4) is 0 Å². The summed E-state index contributed by atoms with van der Waals surface area (Å²) in [5, 5.41) is 9.99. The summed E-state index contributed by atoms with van der Waals surface area (Å²) >= 11 is 0. The van der Waals surface area contributed by atoms with Gasteiger partial charge in [0.25, 0.3) is 0 Å². The number of carbonyl (C=O) groups is 2. The molecule has 0 fully saturated rings. The second-order valence-corrected chi connectivity index (χ2v) is 7.83. The van der Waals surface area contributed by atoms with Crippen molar-refractivity contribution in [3.8, 4) is 11.5 Å². The Morgan fingerprint density at radius 2 is 1.40 bits per heavy atom. The molecule has 154 valence electrons.